The third kappa shape index (κ3) is 1.60. The number of hydrogen-bond acceptors (Lipinski definition) is 4. The molecule has 1 aliphatic rings. The minimum Gasteiger partial charge on any atom is -0.496 e. The molecule has 0 saturated carbocycles. The number of carbonyl (C=O) groups excluding carboxylic acids is 1. The summed E-state index contributed by atoms with van der Waals surface area (Å²) >= 11 is 0. The van der Waals surface area contributed by atoms with Crippen molar-refractivity contribution in [2.75, 3.05) is 14.2 Å². The van der Waals surface area contributed by atoms with E-state index in [2.05, 4.69) is 0 Å². The zero-order valence-electron chi connectivity index (χ0n) is 9.57. The van der Waals surface area contributed by atoms with Crippen molar-refractivity contribution in [3.63, 3.8) is 0 Å². The Labute approximate surface area is 94.1 Å². The van der Waals surface area contributed by atoms with E-state index in [4.69, 9.17) is 14.2 Å². The Morgan fingerprint density at radius 1 is 1.25 bits per heavy atom. The van der Waals surface area contributed by atoms with E-state index < -0.39 is 0 Å². The van der Waals surface area contributed by atoms with Crippen LogP contribution >= 0.6 is 0 Å². The molecule has 4 nitrogen and oxygen atoms in total. The van der Waals surface area contributed by atoms with Gasteiger partial charge in [-0.1, -0.05) is 0 Å². The number of fused-ring (bicyclic) bond motifs is 1. The molecule has 0 fully saturated rings. The van der Waals surface area contributed by atoms with Crippen LogP contribution in [-0.2, 0) is 0 Å². The monoisotopic (exact) mass is 222 g/mol. The first kappa shape index (κ1) is 10.8. The van der Waals surface area contributed by atoms with Gasteiger partial charge in [-0.3, -0.25) is 4.79 Å². The van der Waals surface area contributed by atoms with Crippen LogP contribution in [0.15, 0.2) is 12.1 Å². The second kappa shape index (κ2) is 4.04. The molecule has 1 heterocycles. The van der Waals surface area contributed by atoms with Crippen molar-refractivity contribution in [3.05, 3.63) is 17.7 Å². The van der Waals surface area contributed by atoms with Gasteiger partial charge in [0.05, 0.1) is 14.2 Å². The summed E-state index contributed by atoms with van der Waals surface area (Å²) in [7, 11) is 3.09. The van der Waals surface area contributed by atoms with Crippen LogP contribution in [0.1, 0.15) is 23.7 Å². The maximum Gasteiger partial charge on any atom is 0.176 e. The van der Waals surface area contributed by atoms with E-state index in [1.54, 1.807) is 19.2 Å². The molecule has 0 amide bonds. The fourth-order valence-corrected chi connectivity index (χ4v) is 1.86. The van der Waals surface area contributed by atoms with Gasteiger partial charge in [-0.2, -0.15) is 0 Å². The molecule has 0 N–H and O–H groups in total. The van der Waals surface area contributed by atoms with E-state index in [0.29, 0.717) is 29.2 Å². The molecule has 4 heteroatoms. The SMILES string of the molecule is COc1ccc(OC)c2c1OC(C)CC2=O. The van der Waals surface area contributed by atoms with Crippen molar-refractivity contribution < 1.29 is 19.0 Å². The summed E-state index contributed by atoms with van der Waals surface area (Å²) in [6.07, 6.45) is 0.247. The normalized spacial score (nSPS) is 18.7. The van der Waals surface area contributed by atoms with Crippen molar-refractivity contribution in [2.45, 2.75) is 19.4 Å². The number of rotatable bonds is 2. The number of carbonyl (C=O) groups is 1. The largest absolute Gasteiger partial charge is 0.496 e. The standard InChI is InChI=1S/C12H14O4/c1-7-6-8(13)11-9(14-2)4-5-10(15-3)12(11)16-7/h4-5,7H,6H2,1-3H3. The van der Waals surface area contributed by atoms with E-state index >= 15 is 0 Å². The van der Waals surface area contributed by atoms with Crippen LogP contribution < -0.4 is 14.2 Å². The summed E-state index contributed by atoms with van der Waals surface area (Å²) in [5.74, 6) is 1.62. The number of methoxy groups -OCH3 is 2. The predicted octanol–water partition coefficient (Wildman–Crippen LogP) is 2.06. The lowest BCUT2D eigenvalue weighted by Crippen LogP contribution is -2.24. The van der Waals surface area contributed by atoms with Gasteiger partial charge in [0.1, 0.15) is 17.4 Å². The molecule has 1 unspecified atom stereocenters. The van der Waals surface area contributed by atoms with Crippen molar-refractivity contribution in [2.24, 2.45) is 0 Å². The van der Waals surface area contributed by atoms with Gasteiger partial charge in [0.2, 0.25) is 0 Å². The molecule has 0 aliphatic carbocycles. The van der Waals surface area contributed by atoms with Gasteiger partial charge in [-0.15, -0.1) is 0 Å². The van der Waals surface area contributed by atoms with Crippen LogP contribution in [0.2, 0.25) is 0 Å². The van der Waals surface area contributed by atoms with Crippen molar-refractivity contribution in [1.29, 1.82) is 0 Å². The van der Waals surface area contributed by atoms with Gasteiger partial charge in [0.15, 0.2) is 17.3 Å². The molecule has 1 aromatic carbocycles. The Morgan fingerprint density at radius 3 is 2.50 bits per heavy atom. The van der Waals surface area contributed by atoms with Gasteiger partial charge in [0, 0.05) is 6.42 Å². The molecule has 0 bridgehead atoms. The number of ether oxygens (including phenoxy) is 3. The van der Waals surface area contributed by atoms with E-state index in [9.17, 15) is 4.79 Å². The van der Waals surface area contributed by atoms with E-state index in [1.807, 2.05) is 6.92 Å². The van der Waals surface area contributed by atoms with Gasteiger partial charge < -0.3 is 14.2 Å². The first-order valence-electron chi connectivity index (χ1n) is 5.12. The minimum atomic E-state index is -0.124. The lowest BCUT2D eigenvalue weighted by molar-refractivity contribution is 0.0859. The maximum absolute atomic E-state index is 11.9. The molecule has 0 spiro atoms. The highest BCUT2D eigenvalue weighted by atomic mass is 16.5. The summed E-state index contributed by atoms with van der Waals surface area (Å²) < 4.78 is 16.0. The Balaban J connectivity index is 2.61. The fraction of sp³-hybridized carbons (Fsp3) is 0.417. The van der Waals surface area contributed by atoms with Gasteiger partial charge in [0.25, 0.3) is 0 Å². The number of Topliss-reactive ketones (excluding diaryl/α,β-unsaturated/α-hetero) is 1. The van der Waals surface area contributed by atoms with Crippen LogP contribution in [0.3, 0.4) is 0 Å². The lowest BCUT2D eigenvalue weighted by atomic mass is 10.00. The minimum absolute atomic E-state index is 0.0319. The van der Waals surface area contributed by atoms with E-state index in [-0.39, 0.29) is 11.9 Å². The summed E-state index contributed by atoms with van der Waals surface area (Å²) in [6.45, 7) is 1.86. The second-order valence-corrected chi connectivity index (χ2v) is 3.73. The molecule has 2 rings (SSSR count). The molecule has 0 radical (unpaired) electrons. The van der Waals surface area contributed by atoms with Gasteiger partial charge in [-0.25, -0.2) is 0 Å². The van der Waals surface area contributed by atoms with Gasteiger partial charge in [-0.05, 0) is 19.1 Å². The number of benzene rings is 1. The second-order valence-electron chi connectivity index (χ2n) is 3.73. The topological polar surface area (TPSA) is 44.8 Å². The first-order valence-corrected chi connectivity index (χ1v) is 5.12. The summed E-state index contributed by atoms with van der Waals surface area (Å²) in [5.41, 5.74) is 0.486. The third-order valence-electron chi connectivity index (χ3n) is 2.59. The van der Waals surface area contributed by atoms with Gasteiger partial charge >= 0.3 is 0 Å². The Kier molecular flexibility index (Phi) is 2.73. The molecular weight excluding hydrogens is 208 g/mol. The quantitative estimate of drug-likeness (QED) is 0.768. The highest BCUT2D eigenvalue weighted by Crippen LogP contribution is 2.41. The van der Waals surface area contributed by atoms with Crippen molar-refractivity contribution in [3.8, 4) is 17.2 Å². The lowest BCUT2D eigenvalue weighted by Gasteiger charge is -2.25. The molecule has 1 atom stereocenters. The Hall–Kier alpha value is -1.71. The van der Waals surface area contributed by atoms with Crippen LogP contribution in [0.5, 0.6) is 17.2 Å². The van der Waals surface area contributed by atoms with Crippen molar-refractivity contribution >= 4 is 5.78 Å². The zero-order valence-corrected chi connectivity index (χ0v) is 9.57. The van der Waals surface area contributed by atoms with E-state index in [1.165, 1.54) is 7.11 Å². The molecule has 16 heavy (non-hydrogen) atoms. The maximum atomic E-state index is 11.9. The molecule has 1 aliphatic heterocycles. The average Bonchev–Trinajstić information content (AvgIpc) is 2.27. The van der Waals surface area contributed by atoms with E-state index in [0.717, 1.165) is 0 Å². The molecule has 0 saturated heterocycles. The summed E-state index contributed by atoms with van der Waals surface area (Å²) in [6, 6.07) is 3.46. The van der Waals surface area contributed by atoms with Crippen LogP contribution in [-0.4, -0.2) is 26.1 Å². The highest BCUT2D eigenvalue weighted by molar-refractivity contribution is 6.03. The van der Waals surface area contributed by atoms with Crippen LogP contribution in [0.4, 0.5) is 0 Å². The zero-order chi connectivity index (χ0) is 11.7. The first-order chi connectivity index (χ1) is 7.67. The number of hydrogen-bond donors (Lipinski definition) is 0. The van der Waals surface area contributed by atoms with Crippen molar-refractivity contribution in [1.82, 2.24) is 0 Å². The molecule has 0 aromatic heterocycles. The highest BCUT2D eigenvalue weighted by Gasteiger charge is 2.29. The number of ketones is 1. The predicted molar refractivity (Wildman–Crippen MR) is 58.6 cm³/mol. The molecule has 1 aromatic rings. The third-order valence-corrected chi connectivity index (χ3v) is 2.59. The summed E-state index contributed by atoms with van der Waals surface area (Å²) in [4.78, 5) is 11.9. The van der Waals surface area contributed by atoms with Crippen LogP contribution in [0.25, 0.3) is 0 Å². The molecular formula is C12H14O4. The Bertz CT molecular complexity index is 425. The summed E-state index contributed by atoms with van der Waals surface area (Å²) in [5, 5.41) is 0. The van der Waals surface area contributed by atoms with Crippen LogP contribution in [0, 0.1) is 0 Å². The smallest absolute Gasteiger partial charge is 0.176 e. The fourth-order valence-electron chi connectivity index (χ4n) is 1.86. The Morgan fingerprint density at radius 2 is 1.88 bits per heavy atom. The average molecular weight is 222 g/mol. The molecule has 86 valence electrons.